The topological polar surface area (TPSA) is 58.6 Å². The summed E-state index contributed by atoms with van der Waals surface area (Å²) in [6.07, 6.45) is 0.898. The molecule has 1 aromatic rings. The molecule has 0 heterocycles. The summed E-state index contributed by atoms with van der Waals surface area (Å²) in [5, 5.41) is 2.79. The molecule has 5 heteroatoms. The number of aryl methyl sites for hydroxylation is 1. The van der Waals surface area contributed by atoms with Crippen LogP contribution in [0.3, 0.4) is 0 Å². The maximum absolute atomic E-state index is 12.3. The van der Waals surface area contributed by atoms with E-state index in [1.54, 1.807) is 25.1 Å². The number of rotatable bonds is 8. The summed E-state index contributed by atoms with van der Waals surface area (Å²) in [6, 6.07) is 5.48. The van der Waals surface area contributed by atoms with Crippen LogP contribution in [0.5, 0.6) is 5.75 Å². The number of benzene rings is 1. The van der Waals surface area contributed by atoms with E-state index in [4.69, 9.17) is 4.74 Å². The van der Waals surface area contributed by atoms with Crippen LogP contribution in [0.4, 0.5) is 0 Å². The molecule has 0 unspecified atom stereocenters. The minimum absolute atomic E-state index is 0.0577. The maximum Gasteiger partial charge on any atom is 0.234 e. The van der Waals surface area contributed by atoms with E-state index >= 15 is 0 Å². The van der Waals surface area contributed by atoms with Crippen molar-refractivity contribution < 1.29 is 14.3 Å². The van der Waals surface area contributed by atoms with Crippen molar-refractivity contribution in [3.63, 3.8) is 0 Å². The Morgan fingerprint density at radius 1 is 1.29 bits per heavy atom. The van der Waals surface area contributed by atoms with E-state index < -0.39 is 0 Å². The van der Waals surface area contributed by atoms with E-state index in [2.05, 4.69) is 5.32 Å². The number of nitrogens with zero attached hydrogens (tertiary/aromatic N) is 1. The van der Waals surface area contributed by atoms with Gasteiger partial charge in [-0.15, -0.1) is 0 Å². The molecular weight excluding hydrogens is 268 g/mol. The van der Waals surface area contributed by atoms with Crippen molar-refractivity contribution in [2.24, 2.45) is 0 Å². The zero-order valence-corrected chi connectivity index (χ0v) is 13.2. The molecule has 0 aromatic heterocycles. The summed E-state index contributed by atoms with van der Waals surface area (Å²) >= 11 is 0. The molecule has 0 spiro atoms. The number of hydrogen-bond donors (Lipinski definition) is 1. The molecule has 21 heavy (non-hydrogen) atoms. The van der Waals surface area contributed by atoms with Crippen molar-refractivity contribution in [3.05, 3.63) is 29.3 Å². The van der Waals surface area contributed by atoms with Crippen molar-refractivity contribution in [2.75, 3.05) is 33.8 Å². The summed E-state index contributed by atoms with van der Waals surface area (Å²) in [7, 11) is 3.30. The molecule has 0 atom stereocenters. The highest BCUT2D eigenvalue weighted by atomic mass is 16.5. The Kier molecular flexibility index (Phi) is 6.88. The summed E-state index contributed by atoms with van der Waals surface area (Å²) in [5.74, 6) is 0.449. The number of ketones is 1. The van der Waals surface area contributed by atoms with Gasteiger partial charge >= 0.3 is 0 Å². The summed E-state index contributed by atoms with van der Waals surface area (Å²) in [5.41, 5.74) is 1.58. The van der Waals surface area contributed by atoms with Crippen LogP contribution in [0.15, 0.2) is 18.2 Å². The lowest BCUT2D eigenvalue weighted by Gasteiger charge is -2.16. The fourth-order valence-electron chi connectivity index (χ4n) is 1.98. The summed E-state index contributed by atoms with van der Waals surface area (Å²) in [6.45, 7) is 4.99. The Morgan fingerprint density at radius 3 is 2.62 bits per heavy atom. The molecule has 0 saturated heterocycles. The van der Waals surface area contributed by atoms with E-state index in [-0.39, 0.29) is 24.8 Å². The lowest BCUT2D eigenvalue weighted by atomic mass is 10.1. The Morgan fingerprint density at radius 2 is 2.00 bits per heavy atom. The fourth-order valence-corrected chi connectivity index (χ4v) is 1.98. The number of methoxy groups -OCH3 is 1. The summed E-state index contributed by atoms with van der Waals surface area (Å²) < 4.78 is 5.24. The van der Waals surface area contributed by atoms with Gasteiger partial charge in [0.1, 0.15) is 5.75 Å². The fraction of sp³-hybridized carbons (Fsp3) is 0.500. The van der Waals surface area contributed by atoms with Gasteiger partial charge in [-0.3, -0.25) is 14.5 Å². The Balaban J connectivity index is 2.62. The van der Waals surface area contributed by atoms with Crippen LogP contribution in [0.1, 0.15) is 29.3 Å². The van der Waals surface area contributed by atoms with Crippen LogP contribution < -0.4 is 10.1 Å². The average Bonchev–Trinajstić information content (AvgIpc) is 2.44. The highest BCUT2D eigenvalue weighted by Crippen LogP contribution is 2.20. The van der Waals surface area contributed by atoms with Crippen molar-refractivity contribution in [3.8, 4) is 5.75 Å². The largest absolute Gasteiger partial charge is 0.496 e. The van der Waals surface area contributed by atoms with Crippen molar-refractivity contribution in [2.45, 2.75) is 20.3 Å². The zero-order valence-electron chi connectivity index (χ0n) is 13.2. The number of hydrogen-bond acceptors (Lipinski definition) is 4. The van der Waals surface area contributed by atoms with Crippen molar-refractivity contribution in [1.29, 1.82) is 0 Å². The van der Waals surface area contributed by atoms with Crippen molar-refractivity contribution in [1.82, 2.24) is 10.2 Å². The SMILES string of the molecule is CCCNC(=O)CN(C)CC(=O)c1ccc(C)cc1OC. The zero-order chi connectivity index (χ0) is 15.8. The van der Waals surface area contributed by atoms with E-state index in [9.17, 15) is 9.59 Å². The van der Waals surface area contributed by atoms with Gasteiger partial charge in [0.2, 0.25) is 5.91 Å². The van der Waals surface area contributed by atoms with Gasteiger partial charge in [-0.1, -0.05) is 13.0 Å². The minimum atomic E-state index is -0.0666. The first-order chi connectivity index (χ1) is 9.97. The van der Waals surface area contributed by atoms with E-state index in [1.165, 1.54) is 0 Å². The predicted molar refractivity (Wildman–Crippen MR) is 82.9 cm³/mol. The van der Waals surface area contributed by atoms with Crippen LogP contribution in [0.25, 0.3) is 0 Å². The third-order valence-electron chi connectivity index (χ3n) is 3.06. The lowest BCUT2D eigenvalue weighted by molar-refractivity contribution is -0.121. The number of likely N-dealkylation sites (N-methyl/N-ethyl adjacent to an activating group) is 1. The van der Waals surface area contributed by atoms with Gasteiger partial charge in [-0.2, -0.15) is 0 Å². The van der Waals surface area contributed by atoms with Gasteiger partial charge in [-0.05, 0) is 38.1 Å². The van der Waals surface area contributed by atoms with Crippen LogP contribution in [-0.2, 0) is 4.79 Å². The molecule has 5 nitrogen and oxygen atoms in total. The van der Waals surface area contributed by atoms with E-state index in [0.29, 0.717) is 17.9 Å². The maximum atomic E-state index is 12.3. The molecule has 1 aromatic carbocycles. The number of carbonyl (C=O) groups excluding carboxylic acids is 2. The lowest BCUT2D eigenvalue weighted by Crippen LogP contribution is -2.37. The van der Waals surface area contributed by atoms with Crippen LogP contribution in [-0.4, -0.2) is 50.4 Å². The molecule has 1 amide bonds. The molecule has 0 aliphatic heterocycles. The second-order valence-corrected chi connectivity index (χ2v) is 5.15. The van der Waals surface area contributed by atoms with E-state index in [1.807, 2.05) is 26.0 Å². The monoisotopic (exact) mass is 292 g/mol. The molecule has 1 N–H and O–H groups in total. The quantitative estimate of drug-likeness (QED) is 0.740. The predicted octanol–water partition coefficient (Wildman–Crippen LogP) is 1.64. The van der Waals surface area contributed by atoms with Gasteiger partial charge in [0.25, 0.3) is 0 Å². The first-order valence-electron chi connectivity index (χ1n) is 7.11. The molecule has 0 saturated carbocycles. The highest BCUT2D eigenvalue weighted by Gasteiger charge is 2.15. The second kappa shape index (κ2) is 8.42. The van der Waals surface area contributed by atoms with Crippen molar-refractivity contribution >= 4 is 11.7 Å². The molecule has 0 aliphatic rings. The summed E-state index contributed by atoms with van der Waals surface area (Å²) in [4.78, 5) is 25.6. The van der Waals surface area contributed by atoms with Gasteiger partial charge in [0, 0.05) is 6.54 Å². The van der Waals surface area contributed by atoms with Crippen LogP contribution in [0, 0.1) is 6.92 Å². The Bertz CT molecular complexity index is 500. The molecule has 116 valence electrons. The number of ether oxygens (including phenoxy) is 1. The number of carbonyl (C=O) groups is 2. The minimum Gasteiger partial charge on any atom is -0.496 e. The van der Waals surface area contributed by atoms with Gasteiger partial charge in [-0.25, -0.2) is 0 Å². The van der Waals surface area contributed by atoms with E-state index in [0.717, 1.165) is 12.0 Å². The first kappa shape index (κ1) is 17.2. The number of nitrogens with one attached hydrogen (secondary N) is 1. The Hall–Kier alpha value is -1.88. The smallest absolute Gasteiger partial charge is 0.234 e. The molecule has 0 radical (unpaired) electrons. The average molecular weight is 292 g/mol. The standard InChI is InChI=1S/C16H24N2O3/c1-5-8-17-16(20)11-18(3)10-14(19)13-7-6-12(2)9-15(13)21-4/h6-7,9H,5,8,10-11H2,1-4H3,(H,17,20). The molecule has 0 aliphatic carbocycles. The molecule has 0 fully saturated rings. The third kappa shape index (κ3) is 5.55. The molecule has 0 bridgehead atoms. The normalized spacial score (nSPS) is 10.5. The number of Topliss-reactive ketones (excluding diaryl/α,β-unsaturated/α-hetero) is 1. The molecular formula is C16H24N2O3. The van der Waals surface area contributed by atoms with Gasteiger partial charge in [0.15, 0.2) is 5.78 Å². The first-order valence-corrected chi connectivity index (χ1v) is 7.11. The van der Waals surface area contributed by atoms with Crippen LogP contribution in [0.2, 0.25) is 0 Å². The van der Waals surface area contributed by atoms with Gasteiger partial charge in [0.05, 0.1) is 25.8 Å². The number of amides is 1. The molecule has 1 rings (SSSR count). The second-order valence-electron chi connectivity index (χ2n) is 5.15. The van der Waals surface area contributed by atoms with Gasteiger partial charge < -0.3 is 10.1 Å². The highest BCUT2D eigenvalue weighted by molar-refractivity contribution is 6.00. The van der Waals surface area contributed by atoms with Crippen LogP contribution >= 0.6 is 0 Å². The Labute approximate surface area is 126 Å². The third-order valence-corrected chi connectivity index (χ3v) is 3.06.